The van der Waals surface area contributed by atoms with Gasteiger partial charge in [-0.25, -0.2) is 0 Å². The van der Waals surface area contributed by atoms with E-state index in [4.69, 9.17) is 9.47 Å². The van der Waals surface area contributed by atoms with Crippen molar-refractivity contribution in [3.63, 3.8) is 0 Å². The maximum Gasteiger partial charge on any atom is 0.293 e. The van der Waals surface area contributed by atoms with E-state index in [-0.39, 0.29) is 28.1 Å². The Labute approximate surface area is 154 Å². The van der Waals surface area contributed by atoms with Crippen LogP contribution in [-0.2, 0) is 19.1 Å². The van der Waals surface area contributed by atoms with E-state index in [0.717, 1.165) is 25.7 Å². The highest BCUT2D eigenvalue weighted by molar-refractivity contribution is 5.84. The van der Waals surface area contributed by atoms with Gasteiger partial charge in [0.1, 0.15) is 17.0 Å². The van der Waals surface area contributed by atoms with Crippen molar-refractivity contribution in [3.05, 3.63) is 11.1 Å². The topological polar surface area (TPSA) is 55.9 Å². The number of fused-ring (bicyclic) bond motifs is 5. The molecule has 4 nitrogen and oxygen atoms in total. The zero-order valence-electron chi connectivity index (χ0n) is 16.0. The zero-order valence-corrected chi connectivity index (χ0v) is 16.0. The molecule has 0 aromatic heterocycles. The molecule has 1 unspecified atom stereocenters. The van der Waals surface area contributed by atoms with E-state index in [0.29, 0.717) is 42.9 Å². The highest BCUT2D eigenvalue weighted by Crippen LogP contribution is 2.81. The fraction of sp³-hybridized carbons (Fsp3) is 0.818. The molecule has 140 valence electrons. The molecule has 1 saturated heterocycles. The maximum atomic E-state index is 12.2. The third-order valence-electron chi connectivity index (χ3n) is 9.92. The van der Waals surface area contributed by atoms with Crippen LogP contribution in [0.25, 0.3) is 0 Å². The first-order valence-corrected chi connectivity index (χ1v) is 10.3. The molecule has 4 saturated carbocycles. The van der Waals surface area contributed by atoms with Crippen LogP contribution in [0.2, 0.25) is 0 Å². The Bertz CT molecular complexity index is 785. The molecule has 0 radical (unpaired) electrons. The monoisotopic (exact) mass is 356 g/mol. The smallest absolute Gasteiger partial charge is 0.293 e. The fourth-order valence-corrected chi connectivity index (χ4v) is 8.26. The van der Waals surface area contributed by atoms with Crippen LogP contribution in [0.5, 0.6) is 0 Å². The predicted molar refractivity (Wildman–Crippen MR) is 94.2 cm³/mol. The molecule has 6 rings (SSSR count). The molecule has 0 amide bonds. The van der Waals surface area contributed by atoms with E-state index in [1.807, 2.05) is 0 Å². The van der Waals surface area contributed by atoms with E-state index in [2.05, 4.69) is 20.8 Å². The summed E-state index contributed by atoms with van der Waals surface area (Å²) in [7, 11) is 0. The highest BCUT2D eigenvalue weighted by Gasteiger charge is 2.83. The van der Waals surface area contributed by atoms with Gasteiger partial charge >= 0.3 is 0 Å². The molecular weight excluding hydrogens is 328 g/mol. The summed E-state index contributed by atoms with van der Waals surface area (Å²) < 4.78 is 12.4. The van der Waals surface area contributed by atoms with Crippen molar-refractivity contribution in [3.8, 4) is 0 Å². The van der Waals surface area contributed by atoms with Crippen LogP contribution in [0, 0.1) is 28.6 Å². The summed E-state index contributed by atoms with van der Waals surface area (Å²) in [5.41, 5.74) is 2.65. The summed E-state index contributed by atoms with van der Waals surface area (Å²) >= 11 is 0. The molecule has 1 spiro atoms. The lowest BCUT2D eigenvalue weighted by atomic mass is 9.46. The number of Topliss-reactive ketones (excluding diaryl/α,β-unsaturated/α-hetero) is 1. The second-order valence-corrected chi connectivity index (χ2v) is 10.5. The molecule has 6 aliphatic rings. The molecule has 1 heterocycles. The van der Waals surface area contributed by atoms with Crippen LogP contribution < -0.4 is 0 Å². The highest BCUT2D eigenvalue weighted by atomic mass is 16.6. The van der Waals surface area contributed by atoms with Gasteiger partial charge in [0.25, 0.3) is 6.47 Å². The molecular formula is C22H28O4. The molecule has 1 aliphatic heterocycles. The van der Waals surface area contributed by atoms with Crippen LogP contribution in [0.4, 0.5) is 0 Å². The van der Waals surface area contributed by atoms with Gasteiger partial charge in [-0.1, -0.05) is 25.0 Å². The number of carbonyl (C=O) groups excluding carboxylic acids is 2. The van der Waals surface area contributed by atoms with E-state index < -0.39 is 0 Å². The Morgan fingerprint density at radius 2 is 2.04 bits per heavy atom. The number of hydrogen-bond acceptors (Lipinski definition) is 4. The Kier molecular flexibility index (Phi) is 2.62. The maximum absolute atomic E-state index is 12.2. The molecule has 0 aromatic carbocycles. The molecule has 5 fully saturated rings. The number of carbonyl (C=O) groups is 2. The van der Waals surface area contributed by atoms with Gasteiger partial charge in [0.05, 0.1) is 6.10 Å². The average Bonchev–Trinajstić information content (AvgIpc) is 3.47. The fourth-order valence-electron chi connectivity index (χ4n) is 8.26. The molecule has 5 aliphatic carbocycles. The average molecular weight is 356 g/mol. The Hall–Kier alpha value is -1.16. The minimum Gasteiger partial charge on any atom is -0.461 e. The standard InChI is InChI=1S/C22H28O4/c1-19-6-4-12(24)8-16(19)13-9-14(13)18-15-5-7-21(3,25-11-23)20(15,2)10-17-22(18,19)26-17/h11,14-15,17-18H,4-10H2,1-3H3/t14-,15-,17?,18-,19-,20-,21-,22+/m0/s1. The van der Waals surface area contributed by atoms with Crippen LogP contribution in [-0.4, -0.2) is 29.6 Å². The normalized spacial score (nSPS) is 58.8. The Morgan fingerprint density at radius 1 is 1.23 bits per heavy atom. The second kappa shape index (κ2) is 4.29. The number of hydrogen-bond donors (Lipinski definition) is 0. The van der Waals surface area contributed by atoms with Crippen LogP contribution in [0.15, 0.2) is 11.1 Å². The van der Waals surface area contributed by atoms with Gasteiger partial charge in [-0.15, -0.1) is 0 Å². The van der Waals surface area contributed by atoms with Crippen molar-refractivity contribution in [1.82, 2.24) is 0 Å². The van der Waals surface area contributed by atoms with Crippen molar-refractivity contribution < 1.29 is 19.1 Å². The largest absolute Gasteiger partial charge is 0.461 e. The third-order valence-corrected chi connectivity index (χ3v) is 9.92. The molecule has 0 bridgehead atoms. The third kappa shape index (κ3) is 1.44. The lowest BCUT2D eigenvalue weighted by Crippen LogP contribution is -2.60. The van der Waals surface area contributed by atoms with Gasteiger partial charge in [0.2, 0.25) is 0 Å². The first-order chi connectivity index (χ1) is 12.3. The minimum atomic E-state index is -0.375. The van der Waals surface area contributed by atoms with E-state index in [9.17, 15) is 9.59 Å². The van der Waals surface area contributed by atoms with Crippen LogP contribution >= 0.6 is 0 Å². The van der Waals surface area contributed by atoms with E-state index in [1.54, 1.807) is 5.57 Å². The van der Waals surface area contributed by atoms with Crippen LogP contribution in [0.3, 0.4) is 0 Å². The lowest BCUT2D eigenvalue weighted by Gasteiger charge is -2.56. The first kappa shape index (κ1) is 15.9. The summed E-state index contributed by atoms with van der Waals surface area (Å²) in [5.74, 6) is 2.11. The minimum absolute atomic E-state index is 0.00467. The summed E-state index contributed by atoms with van der Waals surface area (Å²) in [4.78, 5) is 23.4. The summed E-state index contributed by atoms with van der Waals surface area (Å²) in [6.07, 6.45) is 6.82. The Morgan fingerprint density at radius 3 is 2.81 bits per heavy atom. The van der Waals surface area contributed by atoms with E-state index >= 15 is 0 Å². The van der Waals surface area contributed by atoms with Gasteiger partial charge in [-0.2, -0.15) is 0 Å². The van der Waals surface area contributed by atoms with Gasteiger partial charge in [0.15, 0.2) is 0 Å². The molecule has 26 heavy (non-hydrogen) atoms. The molecule has 4 heteroatoms. The van der Waals surface area contributed by atoms with Crippen molar-refractivity contribution in [2.24, 2.45) is 28.6 Å². The van der Waals surface area contributed by atoms with Crippen molar-refractivity contribution >= 4 is 12.3 Å². The number of allylic oxidation sites excluding steroid dienone is 1. The molecule has 0 N–H and O–H groups in total. The van der Waals surface area contributed by atoms with Crippen molar-refractivity contribution in [2.75, 3.05) is 0 Å². The van der Waals surface area contributed by atoms with E-state index in [1.165, 1.54) is 12.0 Å². The lowest BCUT2D eigenvalue weighted by molar-refractivity contribution is -0.161. The van der Waals surface area contributed by atoms with Crippen molar-refractivity contribution in [1.29, 1.82) is 0 Å². The molecule has 8 atom stereocenters. The summed E-state index contributed by atoms with van der Waals surface area (Å²) in [6.45, 7) is 7.52. The number of rotatable bonds is 2. The van der Waals surface area contributed by atoms with Gasteiger partial charge in [-0.3, -0.25) is 9.59 Å². The second-order valence-electron chi connectivity index (χ2n) is 10.5. The zero-order chi connectivity index (χ0) is 18.1. The van der Waals surface area contributed by atoms with Crippen LogP contribution in [0.1, 0.15) is 65.7 Å². The predicted octanol–water partition coefficient (Wildman–Crippen LogP) is 3.58. The Balaban J connectivity index is 1.48. The van der Waals surface area contributed by atoms with Gasteiger partial charge < -0.3 is 9.47 Å². The first-order valence-electron chi connectivity index (χ1n) is 10.3. The van der Waals surface area contributed by atoms with Gasteiger partial charge in [-0.05, 0) is 50.9 Å². The summed E-state index contributed by atoms with van der Waals surface area (Å²) in [6, 6.07) is 0. The van der Waals surface area contributed by atoms with Crippen molar-refractivity contribution in [2.45, 2.75) is 83.0 Å². The number of ketones is 1. The molecule has 0 aromatic rings. The van der Waals surface area contributed by atoms with Gasteiger partial charge in [0, 0.05) is 29.6 Å². The number of epoxide rings is 1. The quantitative estimate of drug-likeness (QED) is 0.431. The summed E-state index contributed by atoms with van der Waals surface area (Å²) in [5, 5.41) is 0. The SMILES string of the molecule is C[C@]12CCC(=O)CC1=C1C[C@@H]1[C@H]1[C@@H]3CC[C@](C)(OC=O)[C@@]3(C)CC3O[C@]312. The number of ether oxygens (including phenoxy) is 2.